The van der Waals surface area contributed by atoms with Gasteiger partial charge < -0.3 is 19.4 Å². The van der Waals surface area contributed by atoms with E-state index in [1.54, 1.807) is 0 Å². The molecule has 2 heterocycles. The maximum Gasteiger partial charge on any atom is 0.196 e. The zero-order chi connectivity index (χ0) is 32.3. The van der Waals surface area contributed by atoms with Crippen molar-refractivity contribution in [2.75, 3.05) is 10.2 Å². The third kappa shape index (κ3) is 4.53. The Kier molecular flexibility index (Phi) is 6.21. The fraction of sp³-hybridized carbons (Fsp3) is 0.0222. The van der Waals surface area contributed by atoms with Crippen molar-refractivity contribution < 1.29 is 9.15 Å². The average molecular weight is 631 g/mol. The second-order valence-electron chi connectivity index (χ2n) is 12.6. The molecule has 232 valence electrons. The van der Waals surface area contributed by atoms with Gasteiger partial charge in [-0.2, -0.15) is 0 Å². The number of rotatable bonds is 5. The van der Waals surface area contributed by atoms with Crippen molar-refractivity contribution in [2.45, 2.75) is 6.23 Å². The molecule has 1 aliphatic rings. The highest BCUT2D eigenvalue weighted by Crippen LogP contribution is 2.48. The molecule has 10 rings (SSSR count). The number of benzene rings is 8. The summed E-state index contributed by atoms with van der Waals surface area (Å²) in [5.41, 5.74) is 9.46. The van der Waals surface area contributed by atoms with Gasteiger partial charge in [0.15, 0.2) is 12.0 Å². The van der Waals surface area contributed by atoms with E-state index in [4.69, 9.17) is 9.15 Å². The standard InChI is InChI=1S/C45H30N2O2/c1-3-11-30(12-4-1)45-46-39-25-22-29-21-24-35-37(43(29)44(39)49-45)18-10-19-40(35)47(33-14-5-2-6-15-33)34-16-9-13-31(27-34)32-23-26-42-38(28-32)36-17-7-8-20-41(36)48-42/h1-28,45-46H. The fourth-order valence-electron chi connectivity index (χ4n) is 7.37. The van der Waals surface area contributed by atoms with Gasteiger partial charge in [-0.1, -0.05) is 115 Å². The Morgan fingerprint density at radius 2 is 1.20 bits per heavy atom. The quantitative estimate of drug-likeness (QED) is 0.192. The molecule has 1 unspecified atom stereocenters. The number of furan rings is 1. The van der Waals surface area contributed by atoms with Gasteiger partial charge in [0.05, 0.1) is 11.4 Å². The van der Waals surface area contributed by atoms with Crippen LogP contribution in [-0.4, -0.2) is 0 Å². The molecule has 0 saturated carbocycles. The van der Waals surface area contributed by atoms with Crippen LogP contribution in [-0.2, 0) is 0 Å². The molecular weight excluding hydrogens is 601 g/mol. The zero-order valence-electron chi connectivity index (χ0n) is 26.5. The molecule has 4 heteroatoms. The summed E-state index contributed by atoms with van der Waals surface area (Å²) in [7, 11) is 0. The van der Waals surface area contributed by atoms with Crippen molar-refractivity contribution in [3.8, 4) is 16.9 Å². The van der Waals surface area contributed by atoms with E-state index in [9.17, 15) is 0 Å². The van der Waals surface area contributed by atoms with E-state index >= 15 is 0 Å². The first-order chi connectivity index (χ1) is 24.3. The zero-order valence-corrected chi connectivity index (χ0v) is 26.5. The number of anilines is 4. The number of nitrogens with one attached hydrogen (secondary N) is 1. The topological polar surface area (TPSA) is 37.6 Å². The van der Waals surface area contributed by atoms with Crippen molar-refractivity contribution in [1.82, 2.24) is 0 Å². The molecule has 0 spiro atoms. The fourth-order valence-corrected chi connectivity index (χ4v) is 7.37. The molecule has 0 fully saturated rings. The van der Waals surface area contributed by atoms with Gasteiger partial charge >= 0.3 is 0 Å². The van der Waals surface area contributed by atoms with E-state index in [-0.39, 0.29) is 6.23 Å². The lowest BCUT2D eigenvalue weighted by atomic mass is 9.98. The summed E-state index contributed by atoms with van der Waals surface area (Å²) >= 11 is 0. The first-order valence-corrected chi connectivity index (χ1v) is 16.6. The lowest BCUT2D eigenvalue weighted by Gasteiger charge is -2.27. The van der Waals surface area contributed by atoms with Gasteiger partial charge in [0.2, 0.25) is 0 Å². The van der Waals surface area contributed by atoms with Gasteiger partial charge in [0.25, 0.3) is 0 Å². The third-order valence-electron chi connectivity index (χ3n) is 9.67. The molecule has 1 atom stereocenters. The lowest BCUT2D eigenvalue weighted by Crippen LogP contribution is -2.10. The first kappa shape index (κ1) is 27.6. The van der Waals surface area contributed by atoms with Crippen LogP contribution in [0.3, 0.4) is 0 Å². The molecule has 0 saturated heterocycles. The average Bonchev–Trinajstić information content (AvgIpc) is 3.78. The van der Waals surface area contributed by atoms with Gasteiger partial charge in [-0.15, -0.1) is 0 Å². The Bertz CT molecular complexity index is 2680. The van der Waals surface area contributed by atoms with Gasteiger partial charge in [0.1, 0.15) is 11.2 Å². The molecule has 0 amide bonds. The molecule has 1 aliphatic heterocycles. The molecule has 49 heavy (non-hydrogen) atoms. The van der Waals surface area contributed by atoms with Crippen molar-refractivity contribution in [1.29, 1.82) is 0 Å². The van der Waals surface area contributed by atoms with E-state index in [2.05, 4.69) is 150 Å². The molecule has 0 radical (unpaired) electrons. The van der Waals surface area contributed by atoms with Gasteiger partial charge in [-0.25, -0.2) is 0 Å². The van der Waals surface area contributed by atoms with Gasteiger partial charge in [0, 0.05) is 38.5 Å². The molecule has 1 aromatic heterocycles. The summed E-state index contributed by atoms with van der Waals surface area (Å²) in [5.74, 6) is 0.893. The van der Waals surface area contributed by atoms with E-state index in [1.807, 2.05) is 30.3 Å². The molecule has 0 aliphatic carbocycles. The van der Waals surface area contributed by atoms with Crippen LogP contribution in [0.5, 0.6) is 5.75 Å². The molecule has 1 N–H and O–H groups in total. The number of hydrogen-bond acceptors (Lipinski definition) is 4. The van der Waals surface area contributed by atoms with Gasteiger partial charge in [-0.05, 0) is 76.5 Å². The monoisotopic (exact) mass is 630 g/mol. The van der Waals surface area contributed by atoms with Crippen LogP contribution in [0, 0.1) is 0 Å². The number of fused-ring (bicyclic) bond motifs is 8. The maximum atomic E-state index is 6.67. The van der Waals surface area contributed by atoms with Crippen LogP contribution in [0.15, 0.2) is 174 Å². The first-order valence-electron chi connectivity index (χ1n) is 16.6. The van der Waals surface area contributed by atoms with E-state index in [1.165, 1.54) is 0 Å². The highest BCUT2D eigenvalue weighted by Gasteiger charge is 2.27. The highest BCUT2D eigenvalue weighted by molar-refractivity contribution is 6.16. The third-order valence-corrected chi connectivity index (χ3v) is 9.67. The summed E-state index contributed by atoms with van der Waals surface area (Å²) in [6.45, 7) is 0. The van der Waals surface area contributed by atoms with Gasteiger partial charge in [-0.3, -0.25) is 0 Å². The largest absolute Gasteiger partial charge is 0.464 e. The van der Waals surface area contributed by atoms with Crippen molar-refractivity contribution >= 4 is 66.2 Å². The number of nitrogens with zero attached hydrogens (tertiary/aromatic N) is 1. The molecule has 8 aromatic carbocycles. The van der Waals surface area contributed by atoms with Crippen molar-refractivity contribution in [3.63, 3.8) is 0 Å². The summed E-state index contributed by atoms with van der Waals surface area (Å²) in [5, 5.41) is 10.4. The normalized spacial score (nSPS) is 13.8. The van der Waals surface area contributed by atoms with E-state index < -0.39 is 0 Å². The van der Waals surface area contributed by atoms with Crippen LogP contribution in [0.1, 0.15) is 11.8 Å². The Morgan fingerprint density at radius 1 is 0.490 bits per heavy atom. The van der Waals surface area contributed by atoms with Crippen LogP contribution >= 0.6 is 0 Å². The molecule has 9 aromatic rings. The summed E-state index contributed by atoms with van der Waals surface area (Å²) in [6, 6.07) is 59.8. The Balaban J connectivity index is 1.13. The minimum atomic E-state index is -0.233. The number of para-hydroxylation sites is 2. The van der Waals surface area contributed by atoms with Crippen molar-refractivity contribution in [2.24, 2.45) is 0 Å². The second kappa shape index (κ2) is 11.0. The number of hydrogen-bond donors (Lipinski definition) is 1. The maximum absolute atomic E-state index is 6.67. The van der Waals surface area contributed by atoms with Crippen LogP contribution in [0.25, 0.3) is 54.6 Å². The highest BCUT2D eigenvalue weighted by atomic mass is 16.5. The molecule has 4 nitrogen and oxygen atoms in total. The Hall–Kier alpha value is -6.52. The summed E-state index contributed by atoms with van der Waals surface area (Å²) < 4.78 is 12.8. The lowest BCUT2D eigenvalue weighted by molar-refractivity contribution is 0.263. The predicted octanol–water partition coefficient (Wildman–Crippen LogP) is 12.5. The summed E-state index contributed by atoms with van der Waals surface area (Å²) in [6.07, 6.45) is -0.233. The van der Waals surface area contributed by atoms with E-state index in [0.717, 1.165) is 88.7 Å². The predicted molar refractivity (Wildman–Crippen MR) is 202 cm³/mol. The Morgan fingerprint density at radius 3 is 2.10 bits per heavy atom. The molecule has 0 bridgehead atoms. The van der Waals surface area contributed by atoms with Crippen molar-refractivity contribution in [3.05, 3.63) is 175 Å². The minimum Gasteiger partial charge on any atom is -0.464 e. The SMILES string of the molecule is c1ccc(C2Nc3ccc4ccc5c(N(c6ccccc6)c6cccc(-c7ccc8oc9ccccc9c8c7)c6)cccc5c4c3O2)cc1. The van der Waals surface area contributed by atoms with E-state index in [0.29, 0.717) is 0 Å². The minimum absolute atomic E-state index is 0.233. The van der Waals surface area contributed by atoms with Crippen LogP contribution in [0.4, 0.5) is 22.7 Å². The number of ether oxygens (including phenoxy) is 1. The summed E-state index contributed by atoms with van der Waals surface area (Å²) in [4.78, 5) is 2.36. The second-order valence-corrected chi connectivity index (χ2v) is 12.6. The molecular formula is C45H30N2O2. The smallest absolute Gasteiger partial charge is 0.196 e. The van der Waals surface area contributed by atoms with Crippen LogP contribution < -0.4 is 15.0 Å². The van der Waals surface area contributed by atoms with Crippen LogP contribution in [0.2, 0.25) is 0 Å². The Labute approximate surface area is 283 Å².